The number of nitrogens with one attached hydrogen (secondary N) is 1. The fourth-order valence-electron chi connectivity index (χ4n) is 3.12. The van der Waals surface area contributed by atoms with Gasteiger partial charge in [-0.05, 0) is 32.9 Å². The van der Waals surface area contributed by atoms with Crippen molar-refractivity contribution >= 4 is 40.5 Å². The van der Waals surface area contributed by atoms with E-state index in [1.54, 1.807) is 11.8 Å². The van der Waals surface area contributed by atoms with Crippen LogP contribution in [0.2, 0.25) is 0 Å². The van der Waals surface area contributed by atoms with Crippen LogP contribution in [0.5, 0.6) is 0 Å². The van der Waals surface area contributed by atoms with E-state index in [0.717, 1.165) is 36.1 Å². The number of rotatable bonds is 4. The van der Waals surface area contributed by atoms with E-state index in [2.05, 4.69) is 29.4 Å². The SMILES string of the molecule is CC(=O)N(c1ccc(C)cc1)c1nc(CN2CC(C)NCC2C)cs1.Cl. The lowest BCUT2D eigenvalue weighted by molar-refractivity contribution is -0.115. The number of amides is 1. The summed E-state index contributed by atoms with van der Waals surface area (Å²) in [6, 6.07) is 8.96. The van der Waals surface area contributed by atoms with Crippen molar-refractivity contribution in [2.75, 3.05) is 18.0 Å². The molecule has 1 fully saturated rings. The first kappa shape index (κ1) is 20.8. The molecule has 5 nitrogen and oxygen atoms in total. The molecule has 0 aliphatic carbocycles. The summed E-state index contributed by atoms with van der Waals surface area (Å²) in [5, 5.41) is 6.31. The summed E-state index contributed by atoms with van der Waals surface area (Å²) < 4.78 is 0. The standard InChI is InChI=1S/C19H26N4OS.ClH/c1-13-5-7-18(8-6-13)23(16(4)24)19-21-17(12-25-19)11-22-10-14(2)20-9-15(22)3;/h5-8,12,14-15,20H,9-11H2,1-4H3;1H. The van der Waals surface area contributed by atoms with Crippen LogP contribution in [-0.4, -0.2) is 41.0 Å². The maximum absolute atomic E-state index is 12.2. The smallest absolute Gasteiger partial charge is 0.230 e. The normalized spacial score (nSPS) is 20.5. The zero-order chi connectivity index (χ0) is 18.0. The molecule has 7 heteroatoms. The van der Waals surface area contributed by atoms with Crippen LogP contribution in [0.25, 0.3) is 0 Å². The number of carbonyl (C=O) groups is 1. The average Bonchev–Trinajstić information content (AvgIpc) is 3.01. The Morgan fingerprint density at radius 2 is 2.04 bits per heavy atom. The second-order valence-electron chi connectivity index (χ2n) is 6.90. The van der Waals surface area contributed by atoms with E-state index in [1.807, 2.05) is 31.2 Å². The number of hydrogen-bond acceptors (Lipinski definition) is 5. The molecule has 1 amide bonds. The largest absolute Gasteiger partial charge is 0.311 e. The molecule has 1 aliphatic heterocycles. The molecule has 26 heavy (non-hydrogen) atoms. The Morgan fingerprint density at radius 3 is 2.69 bits per heavy atom. The van der Waals surface area contributed by atoms with Gasteiger partial charge in [0.25, 0.3) is 0 Å². The van der Waals surface area contributed by atoms with E-state index in [4.69, 9.17) is 4.98 Å². The van der Waals surface area contributed by atoms with Gasteiger partial charge in [0, 0.05) is 44.0 Å². The Labute approximate surface area is 165 Å². The monoisotopic (exact) mass is 394 g/mol. The van der Waals surface area contributed by atoms with Crippen LogP contribution >= 0.6 is 23.7 Å². The quantitative estimate of drug-likeness (QED) is 0.858. The minimum atomic E-state index is -0.0195. The first-order valence-electron chi connectivity index (χ1n) is 8.73. The number of hydrogen-bond donors (Lipinski definition) is 1. The molecule has 0 saturated carbocycles. The Kier molecular flexibility index (Phi) is 7.17. The molecular weight excluding hydrogens is 368 g/mol. The van der Waals surface area contributed by atoms with Crippen LogP contribution in [0.3, 0.4) is 0 Å². The number of aryl methyl sites for hydroxylation is 1. The van der Waals surface area contributed by atoms with E-state index in [9.17, 15) is 4.79 Å². The Morgan fingerprint density at radius 1 is 1.35 bits per heavy atom. The van der Waals surface area contributed by atoms with Crippen molar-refractivity contribution < 1.29 is 4.79 Å². The van der Waals surface area contributed by atoms with Gasteiger partial charge in [-0.25, -0.2) is 4.98 Å². The predicted octanol–water partition coefficient (Wildman–Crippen LogP) is 3.74. The third-order valence-electron chi connectivity index (χ3n) is 4.60. The first-order valence-corrected chi connectivity index (χ1v) is 9.61. The summed E-state index contributed by atoms with van der Waals surface area (Å²) >= 11 is 1.53. The highest BCUT2D eigenvalue weighted by Crippen LogP contribution is 2.29. The molecule has 2 unspecified atom stereocenters. The average molecular weight is 395 g/mol. The molecule has 1 N–H and O–H groups in total. The predicted molar refractivity (Wildman–Crippen MR) is 111 cm³/mol. The lowest BCUT2D eigenvalue weighted by Gasteiger charge is -2.37. The molecule has 2 atom stereocenters. The van der Waals surface area contributed by atoms with E-state index in [0.29, 0.717) is 12.1 Å². The van der Waals surface area contributed by atoms with Gasteiger partial charge < -0.3 is 5.32 Å². The number of aromatic nitrogens is 1. The second-order valence-corrected chi connectivity index (χ2v) is 7.74. The van der Waals surface area contributed by atoms with Crippen LogP contribution in [0.15, 0.2) is 29.6 Å². The van der Waals surface area contributed by atoms with Crippen LogP contribution in [0.4, 0.5) is 10.8 Å². The molecule has 2 aromatic rings. The topological polar surface area (TPSA) is 48.5 Å². The molecule has 0 spiro atoms. The lowest BCUT2D eigenvalue weighted by atomic mass is 10.1. The third kappa shape index (κ3) is 4.82. The van der Waals surface area contributed by atoms with E-state index >= 15 is 0 Å². The molecule has 0 radical (unpaired) electrons. The van der Waals surface area contributed by atoms with Crippen LogP contribution in [0, 0.1) is 6.92 Å². The second kappa shape index (κ2) is 8.95. The summed E-state index contributed by atoms with van der Waals surface area (Å²) in [5.41, 5.74) is 3.07. The van der Waals surface area contributed by atoms with Gasteiger partial charge in [-0.2, -0.15) is 0 Å². The molecule has 1 aliphatic rings. The molecule has 1 aromatic carbocycles. The Hall–Kier alpha value is -1.47. The van der Waals surface area contributed by atoms with Crippen LogP contribution in [-0.2, 0) is 11.3 Å². The fourth-order valence-corrected chi connectivity index (χ4v) is 4.00. The number of anilines is 2. The third-order valence-corrected chi connectivity index (χ3v) is 5.47. The highest BCUT2D eigenvalue weighted by Gasteiger charge is 2.24. The van der Waals surface area contributed by atoms with Gasteiger partial charge >= 0.3 is 0 Å². The summed E-state index contributed by atoms with van der Waals surface area (Å²) in [4.78, 5) is 21.1. The minimum absolute atomic E-state index is 0. The van der Waals surface area contributed by atoms with Crippen molar-refractivity contribution in [3.05, 3.63) is 40.9 Å². The Bertz CT molecular complexity index is 733. The lowest BCUT2D eigenvalue weighted by Crippen LogP contribution is -2.53. The van der Waals surface area contributed by atoms with E-state index in [1.165, 1.54) is 16.9 Å². The molecule has 1 saturated heterocycles. The molecule has 142 valence electrons. The van der Waals surface area contributed by atoms with Gasteiger partial charge in [-0.3, -0.25) is 14.6 Å². The fraction of sp³-hybridized carbons (Fsp3) is 0.474. The van der Waals surface area contributed by atoms with Crippen molar-refractivity contribution in [3.63, 3.8) is 0 Å². The van der Waals surface area contributed by atoms with E-state index in [-0.39, 0.29) is 18.3 Å². The van der Waals surface area contributed by atoms with Crippen molar-refractivity contribution in [1.82, 2.24) is 15.2 Å². The van der Waals surface area contributed by atoms with Gasteiger partial charge in [0.15, 0.2) is 5.13 Å². The van der Waals surface area contributed by atoms with Gasteiger partial charge in [0.05, 0.1) is 11.4 Å². The zero-order valence-electron chi connectivity index (χ0n) is 15.7. The highest BCUT2D eigenvalue weighted by atomic mass is 35.5. The van der Waals surface area contributed by atoms with Crippen molar-refractivity contribution in [2.24, 2.45) is 0 Å². The number of halogens is 1. The summed E-state index contributed by atoms with van der Waals surface area (Å²) in [7, 11) is 0. The number of benzene rings is 1. The van der Waals surface area contributed by atoms with Crippen LogP contribution in [0.1, 0.15) is 32.0 Å². The molecule has 0 bridgehead atoms. The Balaban J connectivity index is 0.00000243. The number of carbonyl (C=O) groups excluding carboxylic acids is 1. The number of thiazole rings is 1. The molecular formula is C19H27ClN4OS. The molecule has 1 aromatic heterocycles. The first-order chi connectivity index (χ1) is 11.9. The molecule has 2 heterocycles. The van der Waals surface area contributed by atoms with Crippen LogP contribution < -0.4 is 10.2 Å². The van der Waals surface area contributed by atoms with E-state index < -0.39 is 0 Å². The summed E-state index contributed by atoms with van der Waals surface area (Å²) in [6.45, 7) is 10.9. The minimum Gasteiger partial charge on any atom is -0.311 e. The van der Waals surface area contributed by atoms with Crippen molar-refractivity contribution in [1.29, 1.82) is 0 Å². The molecule has 3 rings (SSSR count). The van der Waals surface area contributed by atoms with Gasteiger partial charge in [-0.1, -0.05) is 17.7 Å². The zero-order valence-corrected chi connectivity index (χ0v) is 17.4. The number of piperazine rings is 1. The van der Waals surface area contributed by atoms with Crippen molar-refractivity contribution in [3.8, 4) is 0 Å². The highest BCUT2D eigenvalue weighted by molar-refractivity contribution is 7.14. The summed E-state index contributed by atoms with van der Waals surface area (Å²) in [6.07, 6.45) is 0. The summed E-state index contributed by atoms with van der Waals surface area (Å²) in [5.74, 6) is -0.0195. The maximum Gasteiger partial charge on any atom is 0.230 e. The van der Waals surface area contributed by atoms with Gasteiger partial charge in [0.1, 0.15) is 0 Å². The maximum atomic E-state index is 12.2. The van der Waals surface area contributed by atoms with Crippen molar-refractivity contribution in [2.45, 2.75) is 46.3 Å². The number of nitrogens with zero attached hydrogens (tertiary/aromatic N) is 3. The van der Waals surface area contributed by atoms with Gasteiger partial charge in [-0.15, -0.1) is 23.7 Å². The van der Waals surface area contributed by atoms with Gasteiger partial charge in [0.2, 0.25) is 5.91 Å².